The number of carbonyl (C=O) groups excluding carboxylic acids is 2. The minimum absolute atomic E-state index is 0.0172. The first-order valence-electron chi connectivity index (χ1n) is 10.8. The number of oxime groups is 1. The molecule has 0 unspecified atom stereocenters. The van der Waals surface area contributed by atoms with Crippen molar-refractivity contribution in [2.45, 2.75) is 44.9 Å². The fourth-order valence-corrected chi connectivity index (χ4v) is 4.03. The molecule has 1 amide bonds. The summed E-state index contributed by atoms with van der Waals surface area (Å²) in [5.74, 6) is 0.296. The van der Waals surface area contributed by atoms with Gasteiger partial charge in [0.2, 0.25) is 5.78 Å². The smallest absolute Gasteiger partial charge is 0.259 e. The summed E-state index contributed by atoms with van der Waals surface area (Å²) in [7, 11) is 1.63. The van der Waals surface area contributed by atoms with Crippen molar-refractivity contribution in [3.05, 3.63) is 59.3 Å². The zero-order valence-electron chi connectivity index (χ0n) is 18.6. The average Bonchev–Trinajstić information content (AvgIpc) is 3.08. The predicted molar refractivity (Wildman–Crippen MR) is 121 cm³/mol. The van der Waals surface area contributed by atoms with Gasteiger partial charge in [0, 0.05) is 36.5 Å². The lowest BCUT2D eigenvalue weighted by Crippen LogP contribution is -2.49. The van der Waals surface area contributed by atoms with E-state index in [2.05, 4.69) is 15.5 Å². The molecule has 1 aromatic heterocycles. The van der Waals surface area contributed by atoms with E-state index in [1.807, 2.05) is 12.1 Å². The number of piperidine rings is 1. The molecule has 1 aromatic carbocycles. The Kier molecular flexibility index (Phi) is 6.34. The Balaban J connectivity index is 1.65. The van der Waals surface area contributed by atoms with Crippen molar-refractivity contribution in [1.29, 1.82) is 0 Å². The van der Waals surface area contributed by atoms with Crippen LogP contribution in [0.3, 0.4) is 0 Å². The summed E-state index contributed by atoms with van der Waals surface area (Å²) < 4.78 is 5.34. The topological polar surface area (TPSA) is 93.1 Å². The van der Waals surface area contributed by atoms with Crippen LogP contribution in [0.25, 0.3) is 0 Å². The van der Waals surface area contributed by atoms with Crippen LogP contribution in [0.1, 0.15) is 48.2 Å². The van der Waals surface area contributed by atoms with Crippen LogP contribution in [0.2, 0.25) is 0 Å². The third kappa shape index (κ3) is 4.28. The number of rotatable bonds is 6. The van der Waals surface area contributed by atoms with Gasteiger partial charge in [0.1, 0.15) is 5.82 Å². The molecule has 2 aromatic rings. The van der Waals surface area contributed by atoms with Gasteiger partial charge < -0.3 is 14.9 Å². The lowest BCUT2D eigenvalue weighted by Gasteiger charge is -2.35. The molecule has 0 spiro atoms. The molecular formula is C24H28N4O4. The minimum atomic E-state index is -0.967. The van der Waals surface area contributed by atoms with Gasteiger partial charge in [-0.15, -0.1) is 0 Å². The number of ether oxygens (including phenoxy) is 1. The molecule has 1 saturated heterocycles. The molecular weight excluding hydrogens is 408 g/mol. The van der Waals surface area contributed by atoms with Crippen LogP contribution < -0.4 is 10.2 Å². The summed E-state index contributed by atoms with van der Waals surface area (Å²) in [4.78, 5) is 37.7. The minimum Gasteiger partial charge on any atom is -0.381 e. The van der Waals surface area contributed by atoms with Gasteiger partial charge in [0.15, 0.2) is 11.3 Å². The second-order valence-electron chi connectivity index (χ2n) is 8.54. The van der Waals surface area contributed by atoms with Crippen LogP contribution in [0.4, 0.5) is 5.82 Å². The highest BCUT2D eigenvalue weighted by Crippen LogP contribution is 2.27. The van der Waals surface area contributed by atoms with Crippen molar-refractivity contribution in [2.75, 3.05) is 25.1 Å². The molecule has 8 heteroatoms. The van der Waals surface area contributed by atoms with Crippen molar-refractivity contribution < 1.29 is 19.2 Å². The summed E-state index contributed by atoms with van der Waals surface area (Å²) in [6, 6.07) is 10.7. The molecule has 2 aliphatic heterocycles. The maximum atomic E-state index is 13.7. The van der Waals surface area contributed by atoms with E-state index in [0.29, 0.717) is 30.1 Å². The van der Waals surface area contributed by atoms with Crippen molar-refractivity contribution in [2.24, 2.45) is 5.16 Å². The Morgan fingerprint density at radius 3 is 2.69 bits per heavy atom. The summed E-state index contributed by atoms with van der Waals surface area (Å²) in [5.41, 5.74) is 1.30. The summed E-state index contributed by atoms with van der Waals surface area (Å²) >= 11 is 0. The first-order valence-corrected chi connectivity index (χ1v) is 10.8. The number of aromatic nitrogens is 1. The maximum absolute atomic E-state index is 13.7. The van der Waals surface area contributed by atoms with E-state index in [9.17, 15) is 9.59 Å². The number of anilines is 1. The molecule has 32 heavy (non-hydrogen) atoms. The Bertz CT molecular complexity index is 1030. The number of hydrogen-bond donors (Lipinski definition) is 1. The Hall–Kier alpha value is -3.10. The van der Waals surface area contributed by atoms with Crippen molar-refractivity contribution in [1.82, 2.24) is 10.3 Å². The maximum Gasteiger partial charge on any atom is 0.259 e. The number of amides is 1. The van der Waals surface area contributed by atoms with Gasteiger partial charge in [-0.2, -0.15) is 0 Å². The third-order valence-corrected chi connectivity index (χ3v) is 5.78. The highest BCUT2D eigenvalue weighted by Gasteiger charge is 2.40. The fourth-order valence-electron chi connectivity index (χ4n) is 4.03. The van der Waals surface area contributed by atoms with Gasteiger partial charge in [-0.25, -0.2) is 4.98 Å². The van der Waals surface area contributed by atoms with E-state index in [4.69, 9.17) is 9.57 Å². The normalized spacial score (nSPS) is 19.9. The Labute approximate surface area is 187 Å². The van der Waals surface area contributed by atoms with E-state index in [1.54, 1.807) is 56.3 Å². The SMILES string of the molecule is COCc1cccnc1N(C(=O)c1ccc(C2=NOC(C)(C)C2=O)cc1)[C@@H]1CCCNC1. The van der Waals surface area contributed by atoms with E-state index >= 15 is 0 Å². The predicted octanol–water partition coefficient (Wildman–Crippen LogP) is 2.71. The largest absolute Gasteiger partial charge is 0.381 e. The van der Waals surface area contributed by atoms with Gasteiger partial charge in [-0.3, -0.25) is 14.5 Å². The molecule has 8 nitrogen and oxygen atoms in total. The molecule has 0 saturated carbocycles. The van der Waals surface area contributed by atoms with Gasteiger partial charge in [0.25, 0.3) is 5.91 Å². The second-order valence-corrected chi connectivity index (χ2v) is 8.54. The highest BCUT2D eigenvalue weighted by molar-refractivity contribution is 6.49. The second kappa shape index (κ2) is 9.18. The molecule has 0 radical (unpaired) electrons. The molecule has 3 heterocycles. The lowest BCUT2D eigenvalue weighted by molar-refractivity contribution is -0.128. The van der Waals surface area contributed by atoms with Crippen molar-refractivity contribution in [3.8, 4) is 0 Å². The molecule has 1 atom stereocenters. The first-order chi connectivity index (χ1) is 15.4. The number of hydrogen-bond acceptors (Lipinski definition) is 7. The van der Waals surface area contributed by atoms with Gasteiger partial charge in [0.05, 0.1) is 12.6 Å². The molecule has 0 bridgehead atoms. The molecule has 1 fully saturated rings. The van der Waals surface area contributed by atoms with Crippen molar-refractivity contribution in [3.63, 3.8) is 0 Å². The van der Waals surface area contributed by atoms with Crippen LogP contribution in [0.15, 0.2) is 47.8 Å². The Morgan fingerprint density at radius 1 is 1.28 bits per heavy atom. The quantitative estimate of drug-likeness (QED) is 0.749. The number of pyridine rings is 1. The molecule has 2 aliphatic rings. The fraction of sp³-hybridized carbons (Fsp3) is 0.417. The highest BCUT2D eigenvalue weighted by atomic mass is 16.7. The van der Waals surface area contributed by atoms with Crippen LogP contribution in [0, 0.1) is 0 Å². The zero-order valence-corrected chi connectivity index (χ0v) is 18.6. The van der Waals surface area contributed by atoms with Crippen LogP contribution in [0.5, 0.6) is 0 Å². The number of nitrogens with zero attached hydrogens (tertiary/aromatic N) is 3. The average molecular weight is 437 g/mol. The zero-order chi connectivity index (χ0) is 22.7. The number of Topliss-reactive ketones (excluding diaryl/α,β-unsaturated/α-hetero) is 1. The Morgan fingerprint density at radius 2 is 2.06 bits per heavy atom. The number of benzene rings is 1. The van der Waals surface area contributed by atoms with Gasteiger partial charge >= 0.3 is 0 Å². The van der Waals surface area contributed by atoms with Crippen LogP contribution in [-0.4, -0.2) is 54.2 Å². The summed E-state index contributed by atoms with van der Waals surface area (Å²) in [6.45, 7) is 5.37. The molecule has 4 rings (SSSR count). The van der Waals surface area contributed by atoms with E-state index in [-0.39, 0.29) is 23.4 Å². The number of carbonyl (C=O) groups is 2. The van der Waals surface area contributed by atoms with Crippen LogP contribution in [-0.2, 0) is 21.0 Å². The van der Waals surface area contributed by atoms with Crippen molar-refractivity contribution >= 4 is 23.2 Å². The number of ketones is 1. The van der Waals surface area contributed by atoms with E-state index in [1.165, 1.54) is 0 Å². The van der Waals surface area contributed by atoms with E-state index < -0.39 is 5.60 Å². The van der Waals surface area contributed by atoms with Gasteiger partial charge in [-0.1, -0.05) is 23.4 Å². The lowest BCUT2D eigenvalue weighted by atomic mass is 9.95. The molecule has 1 N–H and O–H groups in total. The first kappa shape index (κ1) is 22.1. The molecule has 0 aliphatic carbocycles. The summed E-state index contributed by atoms with van der Waals surface area (Å²) in [5, 5.41) is 7.32. The monoisotopic (exact) mass is 436 g/mol. The van der Waals surface area contributed by atoms with Crippen LogP contribution >= 0.6 is 0 Å². The number of methoxy groups -OCH3 is 1. The standard InChI is InChI=1S/C24H28N4O4/c1-24(2)21(29)20(27-32-24)16-8-10-17(11-9-16)23(30)28(19-7-5-12-25-14-19)22-18(15-31-3)6-4-13-26-22/h4,6,8-11,13,19,25H,5,7,12,14-15H2,1-3H3/t19-/m1/s1. The molecule has 168 valence electrons. The van der Waals surface area contributed by atoms with E-state index in [0.717, 1.165) is 24.9 Å². The number of nitrogens with one attached hydrogen (secondary N) is 1. The van der Waals surface area contributed by atoms with Gasteiger partial charge in [-0.05, 0) is 51.4 Å². The summed E-state index contributed by atoms with van der Waals surface area (Å²) in [6.07, 6.45) is 3.56. The third-order valence-electron chi connectivity index (χ3n) is 5.78.